The Balaban J connectivity index is 1.29. The standard InChI is InChI=1S/C21H24N6O/c1-14-24-19-11-22-7-4-17(19)21(25-14)26-8-5-15(6-9-26)12-27-13-23-18(10-20(27)28)16-2-3-16/h4,7,10-11,13,15-16H,2-3,5-6,8-9,12H2,1H3. The smallest absolute Gasteiger partial charge is 0.253 e. The zero-order chi connectivity index (χ0) is 19.1. The van der Waals surface area contributed by atoms with Crippen LogP contribution in [0.3, 0.4) is 0 Å². The molecule has 1 aliphatic carbocycles. The first-order chi connectivity index (χ1) is 13.7. The zero-order valence-electron chi connectivity index (χ0n) is 16.1. The number of pyridine rings is 1. The Morgan fingerprint density at radius 2 is 1.96 bits per heavy atom. The van der Waals surface area contributed by atoms with E-state index in [4.69, 9.17) is 4.98 Å². The van der Waals surface area contributed by atoms with Gasteiger partial charge in [0.05, 0.1) is 23.7 Å². The van der Waals surface area contributed by atoms with Gasteiger partial charge in [0, 0.05) is 43.2 Å². The van der Waals surface area contributed by atoms with Crippen LogP contribution in [0, 0.1) is 12.8 Å². The number of hydrogen-bond acceptors (Lipinski definition) is 6. The molecule has 0 unspecified atom stereocenters. The maximum atomic E-state index is 12.4. The number of piperidine rings is 1. The van der Waals surface area contributed by atoms with Gasteiger partial charge in [0.1, 0.15) is 11.6 Å². The Morgan fingerprint density at radius 3 is 2.71 bits per heavy atom. The average molecular weight is 376 g/mol. The highest BCUT2D eigenvalue weighted by Crippen LogP contribution is 2.38. The van der Waals surface area contributed by atoms with Crippen molar-refractivity contribution in [3.63, 3.8) is 0 Å². The number of aryl methyl sites for hydroxylation is 1. The van der Waals surface area contributed by atoms with E-state index in [1.165, 1.54) is 12.8 Å². The van der Waals surface area contributed by atoms with E-state index < -0.39 is 0 Å². The molecule has 2 fully saturated rings. The van der Waals surface area contributed by atoms with E-state index in [2.05, 4.69) is 19.9 Å². The topological polar surface area (TPSA) is 76.8 Å². The quantitative estimate of drug-likeness (QED) is 0.697. The van der Waals surface area contributed by atoms with Crippen molar-refractivity contribution in [1.82, 2.24) is 24.5 Å². The van der Waals surface area contributed by atoms with Crippen molar-refractivity contribution in [3.05, 3.63) is 52.7 Å². The molecule has 0 N–H and O–H groups in total. The maximum Gasteiger partial charge on any atom is 0.253 e. The lowest BCUT2D eigenvalue weighted by Crippen LogP contribution is -2.37. The Labute approximate surface area is 163 Å². The van der Waals surface area contributed by atoms with E-state index in [-0.39, 0.29) is 5.56 Å². The Hall–Kier alpha value is -2.83. The summed E-state index contributed by atoms with van der Waals surface area (Å²) in [5, 5.41) is 1.05. The molecule has 7 nitrogen and oxygen atoms in total. The van der Waals surface area contributed by atoms with E-state index >= 15 is 0 Å². The van der Waals surface area contributed by atoms with Gasteiger partial charge in [-0.25, -0.2) is 15.0 Å². The van der Waals surface area contributed by atoms with Crippen LogP contribution in [0.5, 0.6) is 0 Å². The minimum absolute atomic E-state index is 0.0873. The van der Waals surface area contributed by atoms with Crippen LogP contribution in [0.1, 0.15) is 43.1 Å². The van der Waals surface area contributed by atoms with Crippen molar-refractivity contribution in [2.45, 2.75) is 45.1 Å². The van der Waals surface area contributed by atoms with Crippen LogP contribution in [0.2, 0.25) is 0 Å². The van der Waals surface area contributed by atoms with Crippen LogP contribution in [0.15, 0.2) is 35.6 Å². The fraction of sp³-hybridized carbons (Fsp3) is 0.476. The normalized spacial score (nSPS) is 18.0. The minimum atomic E-state index is 0.0873. The van der Waals surface area contributed by atoms with Gasteiger partial charge in [0.15, 0.2) is 0 Å². The first-order valence-electron chi connectivity index (χ1n) is 10.1. The van der Waals surface area contributed by atoms with Gasteiger partial charge in [0.25, 0.3) is 5.56 Å². The van der Waals surface area contributed by atoms with Gasteiger partial charge in [0.2, 0.25) is 0 Å². The molecule has 1 aliphatic heterocycles. The second-order valence-electron chi connectivity index (χ2n) is 8.00. The molecule has 0 radical (unpaired) electrons. The number of hydrogen-bond donors (Lipinski definition) is 0. The number of rotatable bonds is 4. The average Bonchev–Trinajstić information content (AvgIpc) is 3.55. The molecule has 1 saturated heterocycles. The van der Waals surface area contributed by atoms with Gasteiger partial charge in [-0.3, -0.25) is 14.3 Å². The van der Waals surface area contributed by atoms with Gasteiger partial charge in [-0.1, -0.05) is 0 Å². The molecule has 0 amide bonds. The second kappa shape index (κ2) is 6.96. The van der Waals surface area contributed by atoms with E-state index in [1.54, 1.807) is 29.4 Å². The molecule has 0 bridgehead atoms. The third kappa shape index (κ3) is 3.37. The minimum Gasteiger partial charge on any atom is -0.356 e. The second-order valence-corrected chi connectivity index (χ2v) is 8.00. The van der Waals surface area contributed by atoms with Gasteiger partial charge in [-0.2, -0.15) is 0 Å². The van der Waals surface area contributed by atoms with Gasteiger partial charge in [-0.15, -0.1) is 0 Å². The predicted molar refractivity (Wildman–Crippen MR) is 107 cm³/mol. The van der Waals surface area contributed by atoms with Crippen molar-refractivity contribution in [3.8, 4) is 0 Å². The van der Waals surface area contributed by atoms with Crippen LogP contribution in [0.4, 0.5) is 5.82 Å². The third-order valence-corrected chi connectivity index (χ3v) is 5.86. The summed E-state index contributed by atoms with van der Waals surface area (Å²) in [7, 11) is 0. The summed E-state index contributed by atoms with van der Waals surface area (Å²) in [5.74, 6) is 2.77. The summed E-state index contributed by atoms with van der Waals surface area (Å²) >= 11 is 0. The summed E-state index contributed by atoms with van der Waals surface area (Å²) in [6, 6.07) is 3.72. The van der Waals surface area contributed by atoms with Crippen molar-refractivity contribution in [2.24, 2.45) is 5.92 Å². The zero-order valence-corrected chi connectivity index (χ0v) is 16.1. The molecule has 0 spiro atoms. The molecular formula is C21H24N6O. The predicted octanol–water partition coefficient (Wildman–Crippen LogP) is 2.68. The number of anilines is 1. The van der Waals surface area contributed by atoms with E-state index in [0.29, 0.717) is 11.8 Å². The summed E-state index contributed by atoms with van der Waals surface area (Å²) in [6.45, 7) is 4.53. The molecule has 144 valence electrons. The van der Waals surface area contributed by atoms with Crippen molar-refractivity contribution >= 4 is 16.7 Å². The molecule has 3 aromatic rings. The Kier molecular flexibility index (Phi) is 4.30. The molecule has 28 heavy (non-hydrogen) atoms. The third-order valence-electron chi connectivity index (χ3n) is 5.86. The first-order valence-corrected chi connectivity index (χ1v) is 10.1. The van der Waals surface area contributed by atoms with Crippen LogP contribution < -0.4 is 10.5 Å². The fourth-order valence-corrected chi connectivity index (χ4v) is 4.10. The summed E-state index contributed by atoms with van der Waals surface area (Å²) in [6.07, 6.45) is 9.74. The van der Waals surface area contributed by atoms with E-state index in [9.17, 15) is 4.79 Å². The fourth-order valence-electron chi connectivity index (χ4n) is 4.10. The van der Waals surface area contributed by atoms with Crippen molar-refractivity contribution < 1.29 is 0 Å². The van der Waals surface area contributed by atoms with Gasteiger partial charge >= 0.3 is 0 Å². The Morgan fingerprint density at radius 1 is 1.14 bits per heavy atom. The lowest BCUT2D eigenvalue weighted by Gasteiger charge is -2.33. The number of fused-ring (bicyclic) bond motifs is 1. The lowest BCUT2D eigenvalue weighted by molar-refractivity contribution is 0.350. The van der Waals surface area contributed by atoms with Crippen LogP contribution in [-0.4, -0.2) is 37.6 Å². The molecule has 7 heteroatoms. The van der Waals surface area contributed by atoms with E-state index in [1.807, 2.05) is 13.0 Å². The SMILES string of the molecule is Cc1nc(N2CCC(Cn3cnc(C4CC4)cc3=O)CC2)c2ccncc2n1. The number of nitrogens with zero attached hydrogens (tertiary/aromatic N) is 6. The van der Waals surface area contributed by atoms with E-state index in [0.717, 1.165) is 60.7 Å². The first kappa shape index (κ1) is 17.3. The highest BCUT2D eigenvalue weighted by atomic mass is 16.1. The highest BCUT2D eigenvalue weighted by molar-refractivity contribution is 5.88. The van der Waals surface area contributed by atoms with Crippen LogP contribution in [-0.2, 0) is 6.54 Å². The van der Waals surface area contributed by atoms with Crippen LogP contribution >= 0.6 is 0 Å². The lowest BCUT2D eigenvalue weighted by atomic mass is 9.96. The molecule has 2 aliphatic rings. The van der Waals surface area contributed by atoms with Crippen molar-refractivity contribution in [1.29, 1.82) is 0 Å². The van der Waals surface area contributed by atoms with Gasteiger partial charge in [-0.05, 0) is 44.6 Å². The molecule has 4 heterocycles. The molecule has 0 aromatic carbocycles. The van der Waals surface area contributed by atoms with Crippen molar-refractivity contribution in [2.75, 3.05) is 18.0 Å². The largest absolute Gasteiger partial charge is 0.356 e. The molecule has 3 aromatic heterocycles. The summed E-state index contributed by atoms with van der Waals surface area (Å²) < 4.78 is 1.78. The highest BCUT2D eigenvalue weighted by Gasteiger charge is 2.26. The molecule has 0 atom stereocenters. The maximum absolute atomic E-state index is 12.4. The monoisotopic (exact) mass is 376 g/mol. The number of aromatic nitrogens is 5. The summed E-state index contributed by atoms with van der Waals surface area (Å²) in [4.78, 5) is 32.6. The van der Waals surface area contributed by atoms with Gasteiger partial charge < -0.3 is 4.90 Å². The molecule has 5 rings (SSSR count). The molecule has 1 saturated carbocycles. The summed E-state index contributed by atoms with van der Waals surface area (Å²) in [5.41, 5.74) is 1.95. The Bertz CT molecular complexity index is 1070. The van der Waals surface area contributed by atoms with Crippen LogP contribution in [0.25, 0.3) is 10.9 Å². The molecular weight excluding hydrogens is 352 g/mol.